The zero-order valence-electron chi connectivity index (χ0n) is 20.9. The number of aliphatic hydroxyl groups excluding tert-OH is 1. The van der Waals surface area contributed by atoms with Gasteiger partial charge in [0.25, 0.3) is 5.91 Å². The molecule has 10 heteroatoms. The van der Waals surface area contributed by atoms with Crippen molar-refractivity contribution in [1.82, 2.24) is 20.3 Å². The minimum atomic E-state index is -1.18. The van der Waals surface area contributed by atoms with Gasteiger partial charge in [-0.3, -0.25) is 14.6 Å². The predicted octanol–water partition coefficient (Wildman–Crippen LogP) is 2.88. The Hall–Kier alpha value is -4.05. The molecule has 10 nitrogen and oxygen atoms in total. The molecule has 1 unspecified atom stereocenters. The molecule has 1 atom stereocenters. The molecule has 3 heterocycles. The average molecular weight is 506 g/mol. The molecule has 4 rings (SSSR count). The maximum absolute atomic E-state index is 12.3. The van der Waals surface area contributed by atoms with Crippen LogP contribution in [-0.4, -0.2) is 61.8 Å². The maximum atomic E-state index is 12.3. The number of pyridine rings is 1. The van der Waals surface area contributed by atoms with Gasteiger partial charge in [0.1, 0.15) is 12.4 Å². The quantitative estimate of drug-likeness (QED) is 0.362. The van der Waals surface area contributed by atoms with Crippen molar-refractivity contribution in [2.75, 3.05) is 24.5 Å². The molecule has 37 heavy (non-hydrogen) atoms. The van der Waals surface area contributed by atoms with E-state index >= 15 is 0 Å². The Balaban J connectivity index is 1.35. The topological polar surface area (TPSA) is 149 Å². The average Bonchev–Trinajstić information content (AvgIpc) is 2.90. The van der Waals surface area contributed by atoms with E-state index in [0.717, 1.165) is 48.4 Å². The molecule has 1 fully saturated rings. The van der Waals surface area contributed by atoms with Crippen molar-refractivity contribution in [2.24, 2.45) is 5.92 Å². The number of aliphatic carboxylic acids is 1. The third-order valence-corrected chi connectivity index (χ3v) is 6.60. The van der Waals surface area contributed by atoms with Gasteiger partial charge in [0.2, 0.25) is 0 Å². The van der Waals surface area contributed by atoms with Crippen LogP contribution in [0.25, 0.3) is 11.3 Å². The van der Waals surface area contributed by atoms with Gasteiger partial charge >= 0.3 is 5.97 Å². The van der Waals surface area contributed by atoms with Crippen LogP contribution >= 0.6 is 0 Å². The number of carboxylic acids is 1. The van der Waals surface area contributed by atoms with Crippen molar-refractivity contribution in [3.63, 3.8) is 0 Å². The highest BCUT2D eigenvalue weighted by Crippen LogP contribution is 2.28. The Labute approximate surface area is 215 Å². The number of aromatic nitrogens is 3. The number of amides is 1. The summed E-state index contributed by atoms with van der Waals surface area (Å²) >= 11 is 0. The molecule has 1 aromatic carbocycles. The molecular weight excluding hydrogens is 474 g/mol. The lowest BCUT2D eigenvalue weighted by atomic mass is 9.92. The van der Waals surface area contributed by atoms with Gasteiger partial charge < -0.3 is 25.5 Å². The lowest BCUT2D eigenvalue weighted by Gasteiger charge is -2.33. The van der Waals surface area contributed by atoms with Crippen LogP contribution in [0.15, 0.2) is 42.6 Å². The highest BCUT2D eigenvalue weighted by atomic mass is 16.4. The van der Waals surface area contributed by atoms with Crippen LogP contribution in [0.3, 0.4) is 0 Å². The van der Waals surface area contributed by atoms with Crippen LogP contribution in [0.4, 0.5) is 5.69 Å². The number of nitrogens with zero attached hydrogens (tertiary/aromatic N) is 4. The Morgan fingerprint density at radius 3 is 2.41 bits per heavy atom. The monoisotopic (exact) mass is 505 g/mol. The number of benzene rings is 1. The molecule has 194 valence electrons. The molecule has 0 bridgehead atoms. The van der Waals surface area contributed by atoms with Gasteiger partial charge in [-0.25, -0.2) is 9.97 Å². The molecule has 3 aromatic rings. The van der Waals surface area contributed by atoms with Crippen LogP contribution < -0.4 is 10.2 Å². The molecule has 4 N–H and O–H groups in total. The fourth-order valence-electron chi connectivity index (χ4n) is 4.43. The zero-order chi connectivity index (χ0) is 26.5. The number of hydrogen-bond donors (Lipinski definition) is 4. The van der Waals surface area contributed by atoms with Gasteiger partial charge in [0.05, 0.1) is 17.5 Å². The number of carbonyl (C=O) groups excluding carboxylic acids is 1. The minimum absolute atomic E-state index is 0.198. The van der Waals surface area contributed by atoms with E-state index in [4.69, 9.17) is 5.11 Å². The van der Waals surface area contributed by atoms with E-state index in [1.54, 1.807) is 20.0 Å². The third kappa shape index (κ3) is 6.39. The SMILES string of the molecule is Cc1nc(CC2CCN(c3ccc(-c4ccc(C(C)O)cn4)cc3)CC2)nc(C(=O)NCC(=O)O)c1O. The number of hydrogen-bond acceptors (Lipinski definition) is 8. The first-order valence-corrected chi connectivity index (χ1v) is 12.3. The Morgan fingerprint density at radius 2 is 1.81 bits per heavy atom. The van der Waals surface area contributed by atoms with Crippen LogP contribution in [0.1, 0.15) is 53.4 Å². The summed E-state index contributed by atoms with van der Waals surface area (Å²) in [7, 11) is 0. The van der Waals surface area contributed by atoms with Gasteiger partial charge in [0.15, 0.2) is 11.4 Å². The summed E-state index contributed by atoms with van der Waals surface area (Å²) in [5.41, 5.74) is 3.88. The van der Waals surface area contributed by atoms with Crippen molar-refractivity contribution in [3.05, 3.63) is 65.4 Å². The second-order valence-corrected chi connectivity index (χ2v) is 9.33. The summed E-state index contributed by atoms with van der Waals surface area (Å²) in [6.45, 7) is 4.50. The normalized spacial score (nSPS) is 14.8. The first-order chi connectivity index (χ1) is 17.7. The fourth-order valence-corrected chi connectivity index (χ4v) is 4.43. The molecule has 2 aromatic heterocycles. The first-order valence-electron chi connectivity index (χ1n) is 12.3. The zero-order valence-corrected chi connectivity index (χ0v) is 20.9. The summed E-state index contributed by atoms with van der Waals surface area (Å²) < 4.78 is 0. The number of carbonyl (C=O) groups is 2. The van der Waals surface area contributed by atoms with E-state index < -0.39 is 24.5 Å². The van der Waals surface area contributed by atoms with E-state index in [1.807, 2.05) is 12.1 Å². The lowest BCUT2D eigenvalue weighted by molar-refractivity contribution is -0.135. The molecular formula is C27H31N5O5. The number of aromatic hydroxyl groups is 1. The largest absolute Gasteiger partial charge is 0.504 e. The summed E-state index contributed by atoms with van der Waals surface area (Å²) in [6, 6.07) is 12.1. The van der Waals surface area contributed by atoms with Gasteiger partial charge in [-0.05, 0) is 56.4 Å². The second-order valence-electron chi connectivity index (χ2n) is 9.33. The highest BCUT2D eigenvalue weighted by Gasteiger charge is 2.23. The van der Waals surface area contributed by atoms with Crippen molar-refractivity contribution < 1.29 is 24.9 Å². The van der Waals surface area contributed by atoms with E-state index in [0.29, 0.717) is 18.2 Å². The molecule has 0 aliphatic carbocycles. The van der Waals surface area contributed by atoms with Gasteiger partial charge in [-0.1, -0.05) is 18.2 Å². The minimum Gasteiger partial charge on any atom is -0.504 e. The maximum Gasteiger partial charge on any atom is 0.322 e. The Kier molecular flexibility index (Phi) is 7.98. The number of aryl methyl sites for hydroxylation is 1. The van der Waals surface area contributed by atoms with E-state index in [2.05, 4.69) is 49.4 Å². The number of anilines is 1. The van der Waals surface area contributed by atoms with Crippen LogP contribution in [0, 0.1) is 12.8 Å². The first kappa shape index (κ1) is 26.0. The summed E-state index contributed by atoms with van der Waals surface area (Å²) in [5.74, 6) is -1.46. The lowest BCUT2D eigenvalue weighted by Crippen LogP contribution is -2.34. The number of nitrogens with one attached hydrogen (secondary N) is 1. The summed E-state index contributed by atoms with van der Waals surface area (Å²) in [6.07, 6.45) is 3.58. The van der Waals surface area contributed by atoms with E-state index in [-0.39, 0.29) is 17.1 Å². The van der Waals surface area contributed by atoms with E-state index in [1.165, 1.54) is 0 Å². The van der Waals surface area contributed by atoms with Crippen molar-refractivity contribution in [1.29, 1.82) is 0 Å². The smallest absolute Gasteiger partial charge is 0.322 e. The van der Waals surface area contributed by atoms with Crippen molar-refractivity contribution in [2.45, 2.75) is 39.2 Å². The standard InChI is InChI=1S/C27H31N5O5/c1-16-26(36)25(27(37)29-15-24(34)35)31-23(30-16)13-18-9-11-32(12-10-18)21-6-3-19(4-7-21)22-8-5-20(14-28-22)17(2)33/h3-8,14,17-18,33,36H,9-13,15H2,1-2H3,(H,29,37)(H,34,35). The summed E-state index contributed by atoms with van der Waals surface area (Å²) in [5, 5.41) is 30.9. The highest BCUT2D eigenvalue weighted by molar-refractivity contribution is 5.96. The number of carboxylic acid groups (broad SMARTS) is 1. The molecule has 1 amide bonds. The number of rotatable bonds is 8. The number of aliphatic hydroxyl groups is 1. The van der Waals surface area contributed by atoms with Gasteiger partial charge in [0, 0.05) is 37.0 Å². The van der Waals surface area contributed by atoms with Crippen LogP contribution in [0.2, 0.25) is 0 Å². The molecule has 0 radical (unpaired) electrons. The van der Waals surface area contributed by atoms with Gasteiger partial charge in [-0.2, -0.15) is 0 Å². The van der Waals surface area contributed by atoms with Gasteiger partial charge in [-0.15, -0.1) is 0 Å². The molecule has 1 aliphatic heterocycles. The second kappa shape index (κ2) is 11.3. The number of piperidine rings is 1. The molecule has 1 aliphatic rings. The van der Waals surface area contributed by atoms with Crippen molar-refractivity contribution in [3.8, 4) is 17.0 Å². The Bertz CT molecular complexity index is 1250. The molecule has 0 saturated carbocycles. The van der Waals surface area contributed by atoms with E-state index in [9.17, 15) is 19.8 Å². The fraction of sp³-hybridized carbons (Fsp3) is 0.370. The molecule has 0 spiro atoms. The Morgan fingerprint density at radius 1 is 1.11 bits per heavy atom. The van der Waals surface area contributed by atoms with Crippen molar-refractivity contribution >= 4 is 17.6 Å². The third-order valence-electron chi connectivity index (χ3n) is 6.60. The molecule has 1 saturated heterocycles. The summed E-state index contributed by atoms with van der Waals surface area (Å²) in [4.78, 5) is 38.4. The predicted molar refractivity (Wildman–Crippen MR) is 137 cm³/mol. The van der Waals surface area contributed by atoms with Crippen LogP contribution in [0.5, 0.6) is 5.75 Å². The van der Waals surface area contributed by atoms with Crippen LogP contribution in [-0.2, 0) is 11.2 Å².